The smallest absolute Gasteiger partial charge is 0.236 e. The number of pyridine rings is 1. The number of aromatic nitrogens is 2. The number of carbonyl (C=O) groups excluding carboxylic acids is 1. The molecule has 0 bridgehead atoms. The van der Waals surface area contributed by atoms with Gasteiger partial charge in [-0.3, -0.25) is 14.7 Å². The number of hydrogen-bond donors (Lipinski definition) is 2. The Kier molecular flexibility index (Phi) is 8.40. The van der Waals surface area contributed by atoms with Crippen molar-refractivity contribution < 1.29 is 9.53 Å². The predicted molar refractivity (Wildman–Crippen MR) is 158 cm³/mol. The zero-order valence-corrected chi connectivity index (χ0v) is 24.3. The maximum Gasteiger partial charge on any atom is 0.236 e. The van der Waals surface area contributed by atoms with Crippen LogP contribution in [0.1, 0.15) is 69.2 Å². The van der Waals surface area contributed by atoms with E-state index < -0.39 is 0 Å². The number of rotatable bonds is 8. The predicted octanol–water partition coefficient (Wildman–Crippen LogP) is 5.07. The van der Waals surface area contributed by atoms with Crippen molar-refractivity contribution in [3.05, 3.63) is 53.3 Å². The van der Waals surface area contributed by atoms with Crippen molar-refractivity contribution in [2.45, 2.75) is 64.8 Å². The van der Waals surface area contributed by atoms with E-state index in [-0.39, 0.29) is 11.4 Å². The van der Waals surface area contributed by atoms with E-state index in [1.807, 2.05) is 18.0 Å². The average molecular weight is 532 g/mol. The summed E-state index contributed by atoms with van der Waals surface area (Å²) in [5, 5.41) is 4.76. The third-order valence-corrected chi connectivity index (χ3v) is 8.65. The zero-order chi connectivity index (χ0) is 27.6. The highest BCUT2D eigenvalue weighted by Gasteiger charge is 2.29. The number of hydrogen-bond acceptors (Lipinski definition) is 5. The fourth-order valence-electron chi connectivity index (χ4n) is 6.34. The molecule has 4 heterocycles. The first-order valence-electron chi connectivity index (χ1n) is 14.6. The summed E-state index contributed by atoms with van der Waals surface area (Å²) >= 11 is 0. The highest BCUT2D eigenvalue weighted by Crippen LogP contribution is 2.38. The lowest BCUT2D eigenvalue weighted by Crippen LogP contribution is -2.55. The van der Waals surface area contributed by atoms with Gasteiger partial charge in [-0.2, -0.15) is 0 Å². The largest absolute Gasteiger partial charge is 0.379 e. The van der Waals surface area contributed by atoms with Crippen molar-refractivity contribution >= 4 is 16.8 Å². The van der Waals surface area contributed by atoms with Gasteiger partial charge in [0.2, 0.25) is 5.91 Å². The lowest BCUT2D eigenvalue weighted by atomic mass is 9.87. The number of nitrogens with one attached hydrogen (secondary N) is 2. The number of piperidine rings is 1. The van der Waals surface area contributed by atoms with E-state index in [1.165, 1.54) is 33.3 Å². The molecular formula is C32H45N5O2. The van der Waals surface area contributed by atoms with Gasteiger partial charge >= 0.3 is 0 Å². The molecule has 2 aliphatic rings. The van der Waals surface area contributed by atoms with E-state index in [0.29, 0.717) is 18.4 Å². The second kappa shape index (κ2) is 11.8. The van der Waals surface area contributed by atoms with Gasteiger partial charge in [0.1, 0.15) is 0 Å². The Morgan fingerprint density at radius 1 is 1.13 bits per heavy atom. The molecule has 0 radical (unpaired) electrons. The van der Waals surface area contributed by atoms with E-state index >= 15 is 0 Å². The minimum Gasteiger partial charge on any atom is -0.379 e. The van der Waals surface area contributed by atoms with Crippen LogP contribution in [0.4, 0.5) is 0 Å². The minimum absolute atomic E-state index is 0.0128. The molecule has 0 aliphatic carbocycles. The van der Waals surface area contributed by atoms with Crippen molar-refractivity contribution in [3.8, 4) is 11.3 Å². The molecule has 7 nitrogen and oxygen atoms in total. The third kappa shape index (κ3) is 6.21. The second-order valence-electron chi connectivity index (χ2n) is 12.2. The normalized spacial score (nSPS) is 17.8. The van der Waals surface area contributed by atoms with Crippen LogP contribution in [-0.2, 0) is 9.53 Å². The molecule has 1 amide bonds. The number of ether oxygens (including phenoxy) is 1. The standard InChI is InChI=1S/C32H45N5O2/c1-22(2)30-27-19-25(6-7-28(27)35-31(30)26-8-11-34-23(3)18-26)24-9-12-36(13-10-24)29(38)20-33-21-32(4,5)37-14-16-39-17-15-37/h6-8,11,18-19,22,24,33,35H,9-10,12-17,20-21H2,1-5H3. The van der Waals surface area contributed by atoms with E-state index in [4.69, 9.17) is 4.74 Å². The maximum atomic E-state index is 13.0. The summed E-state index contributed by atoms with van der Waals surface area (Å²) in [6, 6.07) is 11.2. The summed E-state index contributed by atoms with van der Waals surface area (Å²) in [5.41, 5.74) is 7.38. The van der Waals surface area contributed by atoms with Gasteiger partial charge in [-0.15, -0.1) is 0 Å². The Morgan fingerprint density at radius 2 is 1.87 bits per heavy atom. The monoisotopic (exact) mass is 531 g/mol. The molecule has 7 heteroatoms. The highest BCUT2D eigenvalue weighted by molar-refractivity contribution is 5.92. The van der Waals surface area contributed by atoms with Gasteiger partial charge in [0.15, 0.2) is 0 Å². The molecule has 3 aromatic rings. The number of morpholine rings is 1. The Hall–Kier alpha value is -2.74. The number of aromatic amines is 1. The van der Waals surface area contributed by atoms with Crippen LogP contribution in [0.25, 0.3) is 22.2 Å². The quantitative estimate of drug-likeness (QED) is 0.425. The molecule has 5 rings (SSSR count). The molecule has 2 aromatic heterocycles. The summed E-state index contributed by atoms with van der Waals surface area (Å²) in [4.78, 5) is 25.6. The minimum atomic E-state index is 0.0128. The van der Waals surface area contributed by atoms with Crippen LogP contribution < -0.4 is 5.32 Å². The highest BCUT2D eigenvalue weighted by atomic mass is 16.5. The van der Waals surface area contributed by atoms with Crippen LogP contribution in [0.5, 0.6) is 0 Å². The summed E-state index contributed by atoms with van der Waals surface area (Å²) < 4.78 is 5.49. The summed E-state index contributed by atoms with van der Waals surface area (Å²) in [5.74, 6) is 1.09. The lowest BCUT2D eigenvalue weighted by Gasteiger charge is -2.41. The molecular weight excluding hydrogens is 486 g/mol. The Bertz CT molecular complexity index is 1280. The van der Waals surface area contributed by atoms with Crippen LogP contribution in [0.2, 0.25) is 0 Å². The van der Waals surface area contributed by atoms with Gasteiger partial charge in [-0.25, -0.2) is 0 Å². The maximum absolute atomic E-state index is 13.0. The lowest BCUT2D eigenvalue weighted by molar-refractivity contribution is -0.131. The molecule has 2 N–H and O–H groups in total. The number of aryl methyl sites for hydroxylation is 1. The molecule has 2 aliphatic heterocycles. The first-order valence-corrected chi connectivity index (χ1v) is 14.6. The van der Waals surface area contributed by atoms with E-state index in [2.05, 4.69) is 78.2 Å². The molecule has 0 unspecified atom stereocenters. The van der Waals surface area contributed by atoms with Crippen LogP contribution in [-0.4, -0.2) is 83.7 Å². The van der Waals surface area contributed by atoms with Crippen molar-refractivity contribution in [1.29, 1.82) is 0 Å². The molecule has 210 valence electrons. The Morgan fingerprint density at radius 3 is 2.56 bits per heavy atom. The van der Waals surface area contributed by atoms with Gasteiger partial charge in [0.05, 0.1) is 25.5 Å². The number of carbonyl (C=O) groups is 1. The number of nitrogens with zero attached hydrogens (tertiary/aromatic N) is 3. The first-order chi connectivity index (χ1) is 18.7. The van der Waals surface area contributed by atoms with Gasteiger partial charge < -0.3 is 19.9 Å². The number of amides is 1. The summed E-state index contributed by atoms with van der Waals surface area (Å²) in [6.45, 7) is 17.4. The first kappa shape index (κ1) is 27.8. The molecule has 0 spiro atoms. The van der Waals surface area contributed by atoms with E-state index in [1.54, 1.807) is 0 Å². The van der Waals surface area contributed by atoms with Gasteiger partial charge in [-0.05, 0) is 80.8 Å². The molecule has 2 saturated heterocycles. The van der Waals surface area contributed by atoms with Crippen LogP contribution in [0.3, 0.4) is 0 Å². The van der Waals surface area contributed by atoms with Crippen LogP contribution >= 0.6 is 0 Å². The van der Waals surface area contributed by atoms with E-state index in [0.717, 1.165) is 64.5 Å². The van der Waals surface area contributed by atoms with Gasteiger partial charge in [0, 0.05) is 66.6 Å². The zero-order valence-electron chi connectivity index (χ0n) is 24.3. The van der Waals surface area contributed by atoms with Crippen LogP contribution in [0.15, 0.2) is 36.5 Å². The van der Waals surface area contributed by atoms with E-state index in [9.17, 15) is 4.79 Å². The number of H-pyrrole nitrogens is 1. The topological polar surface area (TPSA) is 73.5 Å². The SMILES string of the molecule is Cc1cc(-c2[nH]c3ccc(C4CCN(C(=O)CNCC(C)(C)N5CCOCC5)CC4)cc3c2C(C)C)ccn1. The second-order valence-corrected chi connectivity index (χ2v) is 12.2. The number of fused-ring (bicyclic) bond motifs is 1. The molecule has 1 aromatic carbocycles. The van der Waals surface area contributed by atoms with Crippen molar-refractivity contribution in [2.24, 2.45) is 0 Å². The van der Waals surface area contributed by atoms with Crippen molar-refractivity contribution in [3.63, 3.8) is 0 Å². The third-order valence-electron chi connectivity index (χ3n) is 8.65. The fourth-order valence-corrected chi connectivity index (χ4v) is 6.34. The molecule has 0 saturated carbocycles. The molecule has 0 atom stereocenters. The summed E-state index contributed by atoms with van der Waals surface area (Å²) in [6.07, 6.45) is 3.91. The average Bonchev–Trinajstić information content (AvgIpc) is 3.33. The Balaban J connectivity index is 1.21. The summed E-state index contributed by atoms with van der Waals surface area (Å²) in [7, 11) is 0. The number of likely N-dealkylation sites (tertiary alicyclic amines) is 1. The molecule has 2 fully saturated rings. The fraction of sp³-hybridized carbons (Fsp3) is 0.562. The molecule has 39 heavy (non-hydrogen) atoms. The number of benzene rings is 1. The van der Waals surface area contributed by atoms with Crippen molar-refractivity contribution in [1.82, 2.24) is 25.1 Å². The van der Waals surface area contributed by atoms with Gasteiger partial charge in [-0.1, -0.05) is 19.9 Å². The Labute approximate surface area is 233 Å². The van der Waals surface area contributed by atoms with Crippen molar-refractivity contribution in [2.75, 3.05) is 52.5 Å². The van der Waals surface area contributed by atoms with Gasteiger partial charge in [0.25, 0.3) is 0 Å². The van der Waals surface area contributed by atoms with Crippen LogP contribution in [0, 0.1) is 6.92 Å².